The van der Waals surface area contributed by atoms with Crippen LogP contribution in [0.1, 0.15) is 51.8 Å². The van der Waals surface area contributed by atoms with E-state index >= 15 is 0 Å². The second-order valence-corrected chi connectivity index (χ2v) is 6.19. The molecule has 1 aromatic heterocycles. The Kier molecular flexibility index (Phi) is 3.14. The predicted molar refractivity (Wildman–Crippen MR) is 67.5 cm³/mol. The van der Waals surface area contributed by atoms with Gasteiger partial charge < -0.3 is 5.11 Å². The van der Waals surface area contributed by atoms with Crippen LogP contribution in [0.5, 0.6) is 0 Å². The summed E-state index contributed by atoms with van der Waals surface area (Å²) >= 11 is 3.59. The fourth-order valence-corrected chi connectivity index (χ4v) is 3.47. The highest BCUT2D eigenvalue weighted by atomic mass is 79.9. The first kappa shape index (κ1) is 12.1. The zero-order chi connectivity index (χ0) is 11.9. The Hall–Kier alpha value is -0.350. The molecular formula is C12H19BrN2O. The van der Waals surface area contributed by atoms with Crippen molar-refractivity contribution in [3.05, 3.63) is 16.4 Å². The first-order valence-electron chi connectivity index (χ1n) is 5.85. The fraction of sp³-hybridized carbons (Fsp3) is 0.750. The van der Waals surface area contributed by atoms with Gasteiger partial charge in [0.1, 0.15) is 0 Å². The van der Waals surface area contributed by atoms with Gasteiger partial charge in [-0.15, -0.1) is 0 Å². The maximum Gasteiger partial charge on any atom is 0.0635 e. The molecule has 1 fully saturated rings. The van der Waals surface area contributed by atoms with Crippen molar-refractivity contribution < 1.29 is 5.11 Å². The van der Waals surface area contributed by atoms with Crippen LogP contribution < -0.4 is 0 Å². The molecule has 2 unspecified atom stereocenters. The molecule has 0 spiro atoms. The van der Waals surface area contributed by atoms with Crippen molar-refractivity contribution in [2.75, 3.05) is 0 Å². The highest BCUT2D eigenvalue weighted by molar-refractivity contribution is 9.10. The minimum Gasteiger partial charge on any atom is -0.393 e. The average molecular weight is 287 g/mol. The van der Waals surface area contributed by atoms with Crippen molar-refractivity contribution in [2.45, 2.75) is 57.6 Å². The highest BCUT2D eigenvalue weighted by Crippen LogP contribution is 2.44. The molecule has 0 aliphatic heterocycles. The molecule has 4 heteroatoms. The summed E-state index contributed by atoms with van der Waals surface area (Å²) in [6.07, 6.45) is 4.47. The van der Waals surface area contributed by atoms with Gasteiger partial charge in [0.05, 0.1) is 22.5 Å². The molecule has 2 rings (SSSR count). The molecule has 1 aliphatic carbocycles. The van der Waals surface area contributed by atoms with Gasteiger partial charge in [-0.1, -0.05) is 6.92 Å². The molecular weight excluding hydrogens is 268 g/mol. The first-order valence-corrected chi connectivity index (χ1v) is 6.65. The SMILES string of the molecule is CC(C)n1ncc(Br)c1C1(C)CCC(O)C1. The normalized spacial score (nSPS) is 30.2. The van der Waals surface area contributed by atoms with Crippen molar-refractivity contribution in [1.82, 2.24) is 9.78 Å². The molecule has 1 aliphatic rings. The van der Waals surface area contributed by atoms with Crippen LogP contribution in [0.3, 0.4) is 0 Å². The Labute approximate surface area is 105 Å². The van der Waals surface area contributed by atoms with Gasteiger partial charge in [0.25, 0.3) is 0 Å². The zero-order valence-corrected chi connectivity index (χ0v) is 11.7. The lowest BCUT2D eigenvalue weighted by atomic mass is 9.84. The van der Waals surface area contributed by atoms with Crippen LogP contribution in [-0.2, 0) is 5.41 Å². The molecule has 0 amide bonds. The second-order valence-electron chi connectivity index (χ2n) is 5.34. The van der Waals surface area contributed by atoms with Crippen LogP contribution in [-0.4, -0.2) is 21.0 Å². The van der Waals surface area contributed by atoms with Crippen LogP contribution in [0.2, 0.25) is 0 Å². The molecule has 0 saturated heterocycles. The number of hydrogen-bond acceptors (Lipinski definition) is 2. The van der Waals surface area contributed by atoms with Crippen LogP contribution in [0.25, 0.3) is 0 Å². The lowest BCUT2D eigenvalue weighted by Crippen LogP contribution is -2.25. The van der Waals surface area contributed by atoms with Gasteiger partial charge in [-0.25, -0.2) is 0 Å². The number of rotatable bonds is 2. The van der Waals surface area contributed by atoms with Crippen LogP contribution >= 0.6 is 15.9 Å². The third kappa shape index (κ3) is 1.93. The predicted octanol–water partition coefficient (Wildman–Crippen LogP) is 3.03. The van der Waals surface area contributed by atoms with Crippen LogP contribution in [0, 0.1) is 0 Å². The largest absolute Gasteiger partial charge is 0.393 e. The molecule has 0 bridgehead atoms. The number of aliphatic hydroxyl groups is 1. The van der Waals surface area contributed by atoms with E-state index in [0.717, 1.165) is 23.7 Å². The van der Waals surface area contributed by atoms with Gasteiger partial charge in [0, 0.05) is 11.5 Å². The van der Waals surface area contributed by atoms with Crippen molar-refractivity contribution in [3.63, 3.8) is 0 Å². The van der Waals surface area contributed by atoms with E-state index in [2.05, 4.69) is 46.5 Å². The minimum absolute atomic E-state index is 0.0546. The lowest BCUT2D eigenvalue weighted by Gasteiger charge is -2.27. The quantitative estimate of drug-likeness (QED) is 0.908. The van der Waals surface area contributed by atoms with Gasteiger partial charge in [0.2, 0.25) is 0 Å². The summed E-state index contributed by atoms with van der Waals surface area (Å²) in [6, 6.07) is 0.357. The van der Waals surface area contributed by atoms with E-state index in [1.165, 1.54) is 5.69 Å². The van der Waals surface area contributed by atoms with Crippen LogP contribution in [0.15, 0.2) is 10.7 Å². The van der Waals surface area contributed by atoms with Crippen LogP contribution in [0.4, 0.5) is 0 Å². The summed E-state index contributed by atoms with van der Waals surface area (Å²) in [5, 5.41) is 14.2. The average Bonchev–Trinajstić information content (AvgIpc) is 2.71. The Balaban J connectivity index is 2.43. The topological polar surface area (TPSA) is 38.0 Å². The maximum absolute atomic E-state index is 9.74. The molecule has 1 aromatic rings. The number of aromatic nitrogens is 2. The van der Waals surface area contributed by atoms with Crippen molar-refractivity contribution in [2.24, 2.45) is 0 Å². The van der Waals surface area contributed by atoms with E-state index < -0.39 is 0 Å². The molecule has 2 atom stereocenters. The van der Waals surface area contributed by atoms with Gasteiger partial charge in [0.15, 0.2) is 0 Å². The van der Waals surface area contributed by atoms with E-state index in [-0.39, 0.29) is 11.5 Å². The second kappa shape index (κ2) is 4.15. The molecule has 1 saturated carbocycles. The summed E-state index contributed by atoms with van der Waals surface area (Å²) in [4.78, 5) is 0. The van der Waals surface area contributed by atoms with E-state index in [1.54, 1.807) is 0 Å². The number of halogens is 1. The standard InChI is InChI=1S/C12H19BrN2O/c1-8(2)15-11(10(13)7-14-15)12(3)5-4-9(16)6-12/h7-9,16H,4-6H2,1-3H3. The van der Waals surface area contributed by atoms with E-state index in [4.69, 9.17) is 0 Å². The summed E-state index contributed by atoms with van der Waals surface area (Å²) in [6.45, 7) is 6.50. The number of aliphatic hydroxyl groups excluding tert-OH is 1. The summed E-state index contributed by atoms with van der Waals surface area (Å²) in [5.74, 6) is 0. The third-order valence-corrected chi connectivity index (χ3v) is 4.11. The zero-order valence-electron chi connectivity index (χ0n) is 10.1. The minimum atomic E-state index is -0.160. The van der Waals surface area contributed by atoms with Gasteiger partial charge >= 0.3 is 0 Å². The fourth-order valence-electron chi connectivity index (χ4n) is 2.72. The number of nitrogens with zero attached hydrogens (tertiary/aromatic N) is 2. The van der Waals surface area contributed by atoms with E-state index in [1.807, 2.05) is 6.20 Å². The highest BCUT2D eigenvalue weighted by Gasteiger charge is 2.39. The van der Waals surface area contributed by atoms with Gasteiger partial charge in [-0.3, -0.25) is 4.68 Å². The monoisotopic (exact) mass is 286 g/mol. The first-order chi connectivity index (χ1) is 7.44. The summed E-state index contributed by atoms with van der Waals surface area (Å²) < 4.78 is 3.14. The Morgan fingerprint density at radius 2 is 2.31 bits per heavy atom. The molecule has 1 N–H and O–H groups in total. The van der Waals surface area contributed by atoms with Crippen molar-refractivity contribution in [3.8, 4) is 0 Å². The summed E-state index contributed by atoms with van der Waals surface area (Å²) in [7, 11) is 0. The summed E-state index contributed by atoms with van der Waals surface area (Å²) in [5.41, 5.74) is 1.29. The Bertz CT molecular complexity index is 388. The van der Waals surface area contributed by atoms with Gasteiger partial charge in [-0.05, 0) is 49.0 Å². The molecule has 0 aromatic carbocycles. The molecule has 90 valence electrons. The van der Waals surface area contributed by atoms with E-state index in [0.29, 0.717) is 6.04 Å². The van der Waals surface area contributed by atoms with Crippen molar-refractivity contribution in [1.29, 1.82) is 0 Å². The maximum atomic E-state index is 9.74. The smallest absolute Gasteiger partial charge is 0.0635 e. The number of hydrogen-bond donors (Lipinski definition) is 1. The Morgan fingerprint density at radius 3 is 2.81 bits per heavy atom. The van der Waals surface area contributed by atoms with E-state index in [9.17, 15) is 5.11 Å². The molecule has 3 nitrogen and oxygen atoms in total. The molecule has 0 radical (unpaired) electrons. The molecule has 1 heterocycles. The Morgan fingerprint density at radius 1 is 1.62 bits per heavy atom. The van der Waals surface area contributed by atoms with Gasteiger partial charge in [-0.2, -0.15) is 5.10 Å². The van der Waals surface area contributed by atoms with Crippen molar-refractivity contribution >= 4 is 15.9 Å². The molecule has 16 heavy (non-hydrogen) atoms. The third-order valence-electron chi connectivity index (χ3n) is 3.53. The lowest BCUT2D eigenvalue weighted by molar-refractivity contribution is 0.174.